The van der Waals surface area contributed by atoms with E-state index in [2.05, 4.69) is 15.7 Å². The Labute approximate surface area is 188 Å². The number of halogens is 3. The summed E-state index contributed by atoms with van der Waals surface area (Å²) in [4.78, 5) is 26.1. The van der Waals surface area contributed by atoms with E-state index in [1.165, 1.54) is 12.1 Å². The summed E-state index contributed by atoms with van der Waals surface area (Å²) in [7, 11) is 0. The number of aromatic nitrogens is 2. The van der Waals surface area contributed by atoms with E-state index in [1.54, 1.807) is 24.3 Å². The number of rotatable bonds is 5. The highest BCUT2D eigenvalue weighted by molar-refractivity contribution is 5.95. The van der Waals surface area contributed by atoms with Crippen molar-refractivity contribution in [2.45, 2.75) is 19.6 Å². The average molecular weight is 457 g/mol. The molecule has 0 radical (unpaired) electrons. The number of amides is 2. The van der Waals surface area contributed by atoms with Crippen LogP contribution in [0.15, 0.2) is 54.7 Å². The Morgan fingerprint density at radius 1 is 1.09 bits per heavy atom. The van der Waals surface area contributed by atoms with Gasteiger partial charge in [0.1, 0.15) is 0 Å². The van der Waals surface area contributed by atoms with Crippen LogP contribution in [0.4, 0.5) is 18.9 Å². The predicted octanol–water partition coefficient (Wildman–Crippen LogP) is 3.07. The molecule has 0 unspecified atom stereocenters. The van der Waals surface area contributed by atoms with E-state index in [1.807, 2.05) is 24.0 Å². The summed E-state index contributed by atoms with van der Waals surface area (Å²) < 4.78 is 42.2. The molecule has 2 amide bonds. The number of nitrogens with one attached hydrogen (secondary N) is 2. The minimum absolute atomic E-state index is 0.0482. The lowest BCUT2D eigenvalue weighted by Gasteiger charge is -2.28. The number of benzene rings is 2. The third-order valence-corrected chi connectivity index (χ3v) is 5.35. The first-order chi connectivity index (χ1) is 15.7. The molecular formula is C23H22F3N5O2. The van der Waals surface area contributed by atoms with Gasteiger partial charge in [0.05, 0.1) is 24.0 Å². The van der Waals surface area contributed by atoms with Crippen LogP contribution in [0.1, 0.15) is 27.2 Å². The van der Waals surface area contributed by atoms with E-state index in [0.29, 0.717) is 18.7 Å². The third kappa shape index (κ3) is 5.00. The summed E-state index contributed by atoms with van der Waals surface area (Å²) >= 11 is 0. The summed E-state index contributed by atoms with van der Waals surface area (Å²) in [5.41, 5.74) is 1.02. The number of carbonyl (C=O) groups is 2. The molecule has 1 aromatic heterocycles. The number of anilines is 1. The maximum absolute atomic E-state index is 13.8. The number of piperazine rings is 1. The van der Waals surface area contributed by atoms with Gasteiger partial charge in [-0.1, -0.05) is 29.8 Å². The number of hydrogen-bond acceptors (Lipinski definition) is 4. The lowest BCUT2D eigenvalue weighted by atomic mass is 10.1. The first-order valence-electron chi connectivity index (χ1n) is 10.3. The van der Waals surface area contributed by atoms with Gasteiger partial charge in [-0.2, -0.15) is 18.3 Å². The molecule has 0 spiro atoms. The van der Waals surface area contributed by atoms with Gasteiger partial charge in [-0.15, -0.1) is 0 Å². The molecule has 0 saturated carbocycles. The molecule has 4 rings (SSSR count). The molecule has 2 aromatic carbocycles. The number of hydrogen-bond donors (Lipinski definition) is 2. The van der Waals surface area contributed by atoms with Crippen molar-refractivity contribution < 1.29 is 22.8 Å². The zero-order valence-corrected chi connectivity index (χ0v) is 17.8. The van der Waals surface area contributed by atoms with E-state index >= 15 is 0 Å². The van der Waals surface area contributed by atoms with Gasteiger partial charge < -0.3 is 15.5 Å². The molecule has 0 aliphatic carbocycles. The van der Waals surface area contributed by atoms with Crippen LogP contribution >= 0.6 is 0 Å². The van der Waals surface area contributed by atoms with Gasteiger partial charge in [-0.05, 0) is 36.8 Å². The van der Waals surface area contributed by atoms with E-state index in [4.69, 9.17) is 0 Å². The molecule has 2 N–H and O–H groups in total. The van der Waals surface area contributed by atoms with Gasteiger partial charge in [0.15, 0.2) is 5.69 Å². The fourth-order valence-corrected chi connectivity index (χ4v) is 3.63. The van der Waals surface area contributed by atoms with Crippen molar-refractivity contribution in [2.24, 2.45) is 0 Å². The highest BCUT2D eigenvalue weighted by Gasteiger charge is 2.40. The Kier molecular flexibility index (Phi) is 6.08. The molecule has 3 aromatic rings. The van der Waals surface area contributed by atoms with E-state index in [-0.39, 0.29) is 24.7 Å². The van der Waals surface area contributed by atoms with Gasteiger partial charge in [0, 0.05) is 25.3 Å². The molecule has 172 valence electrons. The first kappa shape index (κ1) is 22.4. The van der Waals surface area contributed by atoms with Crippen molar-refractivity contribution in [2.75, 3.05) is 24.5 Å². The molecule has 10 heteroatoms. The van der Waals surface area contributed by atoms with Crippen LogP contribution in [0.5, 0.6) is 0 Å². The van der Waals surface area contributed by atoms with Crippen molar-refractivity contribution in [1.29, 1.82) is 0 Å². The quantitative estimate of drug-likeness (QED) is 0.617. The van der Waals surface area contributed by atoms with Crippen molar-refractivity contribution in [3.63, 3.8) is 0 Å². The summed E-state index contributed by atoms with van der Waals surface area (Å²) in [5.74, 6) is -0.915. The van der Waals surface area contributed by atoms with Crippen LogP contribution in [0.25, 0.3) is 5.69 Å². The molecule has 0 atom stereocenters. The second-order valence-corrected chi connectivity index (χ2v) is 7.77. The van der Waals surface area contributed by atoms with Crippen molar-refractivity contribution in [3.05, 3.63) is 77.1 Å². The Bertz CT molecular complexity index is 1150. The predicted molar refractivity (Wildman–Crippen MR) is 116 cm³/mol. The van der Waals surface area contributed by atoms with Crippen LogP contribution in [0.3, 0.4) is 0 Å². The molecule has 0 bridgehead atoms. The third-order valence-electron chi connectivity index (χ3n) is 5.35. The van der Waals surface area contributed by atoms with Crippen LogP contribution in [0.2, 0.25) is 0 Å². The van der Waals surface area contributed by atoms with Crippen LogP contribution in [0, 0.1) is 6.92 Å². The molecule has 1 fully saturated rings. The van der Waals surface area contributed by atoms with E-state index in [9.17, 15) is 22.8 Å². The fourth-order valence-electron chi connectivity index (χ4n) is 3.63. The lowest BCUT2D eigenvalue weighted by molar-refractivity contribution is -0.143. The Hall–Kier alpha value is -3.82. The Morgan fingerprint density at radius 3 is 2.39 bits per heavy atom. The SMILES string of the molecule is Cc1ccc(-n2ncc(C(=O)NCc3ccc(N4CCNC(=O)C4)cc3)c2C(F)(F)F)cc1. The summed E-state index contributed by atoms with van der Waals surface area (Å²) in [6.07, 6.45) is -3.83. The monoisotopic (exact) mass is 457 g/mol. The molecule has 7 nitrogen and oxygen atoms in total. The topological polar surface area (TPSA) is 79.3 Å². The van der Waals surface area contributed by atoms with Gasteiger partial charge in [-0.3, -0.25) is 9.59 Å². The maximum atomic E-state index is 13.8. The highest BCUT2D eigenvalue weighted by Crippen LogP contribution is 2.33. The number of alkyl halides is 3. The minimum atomic E-state index is -4.77. The van der Waals surface area contributed by atoms with Crippen LogP contribution in [-0.2, 0) is 17.5 Å². The number of carbonyl (C=O) groups excluding carboxylic acids is 2. The molecular weight excluding hydrogens is 435 g/mol. The lowest BCUT2D eigenvalue weighted by Crippen LogP contribution is -2.47. The minimum Gasteiger partial charge on any atom is -0.360 e. The smallest absolute Gasteiger partial charge is 0.360 e. The average Bonchev–Trinajstić information content (AvgIpc) is 3.24. The van der Waals surface area contributed by atoms with E-state index < -0.39 is 23.3 Å². The summed E-state index contributed by atoms with van der Waals surface area (Å²) in [6.45, 7) is 3.39. The normalized spacial score (nSPS) is 14.2. The van der Waals surface area contributed by atoms with Crippen molar-refractivity contribution >= 4 is 17.5 Å². The molecule has 1 saturated heterocycles. The van der Waals surface area contributed by atoms with Gasteiger partial charge >= 0.3 is 6.18 Å². The molecule has 1 aliphatic rings. The maximum Gasteiger partial charge on any atom is 0.434 e. The van der Waals surface area contributed by atoms with Crippen molar-refractivity contribution in [3.8, 4) is 5.69 Å². The first-order valence-corrected chi connectivity index (χ1v) is 10.3. The summed E-state index contributed by atoms with van der Waals surface area (Å²) in [6, 6.07) is 13.6. The standard InChI is InChI=1S/C23H22F3N5O2/c1-15-2-6-18(7-3-15)31-21(23(24,25)26)19(13-29-31)22(33)28-12-16-4-8-17(9-5-16)30-11-10-27-20(32)14-30/h2-9,13H,10-12,14H2,1H3,(H,27,32)(H,28,33). The van der Waals surface area contributed by atoms with Gasteiger partial charge in [-0.25, -0.2) is 4.68 Å². The fraction of sp³-hybridized carbons (Fsp3) is 0.261. The highest BCUT2D eigenvalue weighted by atomic mass is 19.4. The molecule has 33 heavy (non-hydrogen) atoms. The van der Waals surface area contributed by atoms with Crippen molar-refractivity contribution in [1.82, 2.24) is 20.4 Å². The van der Waals surface area contributed by atoms with Gasteiger partial charge in [0.2, 0.25) is 5.91 Å². The van der Waals surface area contributed by atoms with Crippen LogP contribution < -0.4 is 15.5 Å². The Morgan fingerprint density at radius 2 is 1.76 bits per heavy atom. The largest absolute Gasteiger partial charge is 0.434 e. The van der Waals surface area contributed by atoms with E-state index in [0.717, 1.165) is 22.1 Å². The van der Waals surface area contributed by atoms with Crippen LogP contribution in [-0.4, -0.2) is 41.2 Å². The zero-order valence-electron chi connectivity index (χ0n) is 17.8. The second kappa shape index (κ2) is 8.97. The molecule has 1 aliphatic heterocycles. The summed E-state index contributed by atoms with van der Waals surface area (Å²) in [5, 5.41) is 9.12. The number of nitrogens with zero attached hydrogens (tertiary/aromatic N) is 3. The number of aryl methyl sites for hydroxylation is 1. The van der Waals surface area contributed by atoms with Gasteiger partial charge in [0.25, 0.3) is 5.91 Å². The Balaban J connectivity index is 1.48. The second-order valence-electron chi connectivity index (χ2n) is 7.77. The zero-order chi connectivity index (χ0) is 23.6. The molecule has 2 heterocycles.